The van der Waals surface area contributed by atoms with E-state index >= 15 is 0 Å². The summed E-state index contributed by atoms with van der Waals surface area (Å²) in [6.45, 7) is 4.25. The summed E-state index contributed by atoms with van der Waals surface area (Å²) in [6.07, 6.45) is 6.09. The summed E-state index contributed by atoms with van der Waals surface area (Å²) in [5.74, 6) is 0.141. The van der Waals surface area contributed by atoms with Gasteiger partial charge in [-0.1, -0.05) is 42.5 Å². The number of piperidine rings is 3. The number of amides is 1. The number of ether oxygens (including phenoxy) is 2. The summed E-state index contributed by atoms with van der Waals surface area (Å²) in [5.41, 5.74) is 2.64. The first-order valence-corrected chi connectivity index (χ1v) is 13.4. The Labute approximate surface area is 232 Å². The second-order valence-electron chi connectivity index (χ2n) is 9.76. The maximum atomic E-state index is 14.3. The molecule has 5 nitrogen and oxygen atoms in total. The molecule has 1 aromatic heterocycles. The smallest absolute Gasteiger partial charge is 0.415 e. The van der Waals surface area contributed by atoms with Gasteiger partial charge in [-0.05, 0) is 40.8 Å². The van der Waals surface area contributed by atoms with Crippen molar-refractivity contribution in [2.75, 3.05) is 38.2 Å². The van der Waals surface area contributed by atoms with Gasteiger partial charge in [0.05, 0.1) is 39.0 Å². The molecule has 196 valence electrons. The first-order valence-electron chi connectivity index (χ1n) is 12.4. The number of nitrogens with zero attached hydrogens (tertiary/aromatic N) is 2. The number of hydrogen-bond acceptors (Lipinski definition) is 4. The number of methoxy groups -OCH3 is 1. The Morgan fingerprint density at radius 3 is 2.62 bits per heavy atom. The van der Waals surface area contributed by atoms with Gasteiger partial charge in [0.25, 0.3) is 0 Å². The van der Waals surface area contributed by atoms with Crippen LogP contribution in [0.5, 0.6) is 5.75 Å². The lowest BCUT2D eigenvalue weighted by Crippen LogP contribution is -3.00. The first kappa shape index (κ1) is 27.4. The van der Waals surface area contributed by atoms with Crippen molar-refractivity contribution in [3.8, 4) is 5.75 Å². The molecule has 3 aromatic rings. The van der Waals surface area contributed by atoms with Crippen LogP contribution in [0.25, 0.3) is 6.08 Å². The quantitative estimate of drug-likeness (QED) is 0.380. The van der Waals surface area contributed by atoms with E-state index < -0.39 is 5.82 Å². The Balaban J connectivity index is 0.00000320. The molecule has 0 N–H and O–H groups in total. The van der Waals surface area contributed by atoms with Gasteiger partial charge in [-0.3, -0.25) is 4.90 Å². The Hall–Kier alpha value is -2.68. The minimum Gasteiger partial charge on any atom is -1.00 e. The van der Waals surface area contributed by atoms with Crippen molar-refractivity contribution in [3.63, 3.8) is 0 Å². The number of carbonyl (C=O) groups is 1. The zero-order valence-corrected chi connectivity index (χ0v) is 23.3. The molecular formula is C29H32BrFN2O3S. The van der Waals surface area contributed by atoms with Crippen LogP contribution in [0.4, 0.5) is 14.9 Å². The van der Waals surface area contributed by atoms with Gasteiger partial charge in [0.1, 0.15) is 6.54 Å². The van der Waals surface area contributed by atoms with Crippen LogP contribution in [0.3, 0.4) is 0 Å². The predicted molar refractivity (Wildman–Crippen MR) is 142 cm³/mol. The van der Waals surface area contributed by atoms with Crippen molar-refractivity contribution >= 4 is 29.2 Å². The zero-order valence-electron chi connectivity index (χ0n) is 20.9. The molecule has 3 fully saturated rings. The fourth-order valence-corrected chi connectivity index (χ4v) is 6.09. The van der Waals surface area contributed by atoms with Gasteiger partial charge in [0.2, 0.25) is 0 Å². The summed E-state index contributed by atoms with van der Waals surface area (Å²) < 4.78 is 26.5. The monoisotopic (exact) mass is 586 g/mol. The summed E-state index contributed by atoms with van der Waals surface area (Å²) in [4.78, 5) is 15.1. The number of thiophene rings is 1. The second kappa shape index (κ2) is 12.2. The fourth-order valence-electron chi connectivity index (χ4n) is 5.44. The third-order valence-corrected chi connectivity index (χ3v) is 8.16. The maximum Gasteiger partial charge on any atom is 0.415 e. The molecule has 3 aliphatic heterocycles. The van der Waals surface area contributed by atoms with E-state index in [0.717, 1.165) is 49.2 Å². The molecule has 0 radical (unpaired) electrons. The third kappa shape index (κ3) is 6.43. The van der Waals surface area contributed by atoms with Gasteiger partial charge >= 0.3 is 6.09 Å². The van der Waals surface area contributed by atoms with Gasteiger partial charge in [0.15, 0.2) is 17.7 Å². The normalized spacial score (nSPS) is 22.4. The van der Waals surface area contributed by atoms with E-state index in [1.165, 1.54) is 30.1 Å². The molecular weight excluding hydrogens is 555 g/mol. The van der Waals surface area contributed by atoms with E-state index in [1.807, 2.05) is 35.0 Å². The Morgan fingerprint density at radius 2 is 1.95 bits per heavy atom. The van der Waals surface area contributed by atoms with Gasteiger partial charge in [-0.2, -0.15) is 11.3 Å². The number of rotatable bonds is 8. The first-order chi connectivity index (χ1) is 17.5. The van der Waals surface area contributed by atoms with Crippen LogP contribution >= 0.6 is 11.3 Å². The van der Waals surface area contributed by atoms with Crippen LogP contribution in [0.2, 0.25) is 0 Å². The van der Waals surface area contributed by atoms with Crippen molar-refractivity contribution < 1.29 is 40.1 Å². The van der Waals surface area contributed by atoms with Crippen LogP contribution in [-0.2, 0) is 11.3 Å². The van der Waals surface area contributed by atoms with Crippen LogP contribution < -0.4 is 26.6 Å². The van der Waals surface area contributed by atoms with Crippen molar-refractivity contribution in [2.24, 2.45) is 5.92 Å². The van der Waals surface area contributed by atoms with E-state index in [4.69, 9.17) is 9.47 Å². The van der Waals surface area contributed by atoms with E-state index in [9.17, 15) is 9.18 Å². The molecule has 3 saturated heterocycles. The summed E-state index contributed by atoms with van der Waals surface area (Å²) in [5, 5.41) is 3.85. The molecule has 0 aliphatic carbocycles. The summed E-state index contributed by atoms with van der Waals surface area (Å²) >= 11 is 1.52. The number of halogens is 2. The Bertz CT molecular complexity index is 1200. The molecule has 6 rings (SSSR count). The van der Waals surface area contributed by atoms with Crippen LogP contribution in [0.15, 0.2) is 71.4 Å². The molecule has 0 saturated carbocycles. The predicted octanol–water partition coefficient (Wildman–Crippen LogP) is 3.37. The molecule has 3 aliphatic rings. The van der Waals surface area contributed by atoms with Crippen molar-refractivity contribution in [2.45, 2.75) is 25.5 Å². The largest absolute Gasteiger partial charge is 1.00 e. The number of quaternary nitrogens is 1. The molecule has 8 heteroatoms. The number of carbonyl (C=O) groups excluding carboxylic acids is 1. The van der Waals surface area contributed by atoms with Gasteiger partial charge < -0.3 is 30.9 Å². The highest BCUT2D eigenvalue weighted by atomic mass is 79.9. The fraction of sp³-hybridized carbons (Fsp3) is 0.345. The van der Waals surface area contributed by atoms with Crippen molar-refractivity contribution in [3.05, 3.63) is 88.4 Å². The molecule has 4 heterocycles. The Kier molecular flexibility index (Phi) is 9.05. The lowest BCUT2D eigenvalue weighted by atomic mass is 9.83. The highest BCUT2D eigenvalue weighted by Crippen LogP contribution is 2.36. The van der Waals surface area contributed by atoms with E-state index in [0.29, 0.717) is 11.5 Å². The van der Waals surface area contributed by atoms with Crippen molar-refractivity contribution in [1.82, 2.24) is 0 Å². The average molecular weight is 588 g/mol. The standard InChI is InChI=1S/C29H32FN2O3S.BrH/c1-34-27-10-9-23(18-26(27)30)19-31(25-13-17-36-21-25)29(33)35-28-20-32(15-11-24(28)12-16-32)14-5-8-22-6-3-2-4-7-22;/h2-10,13,17-18,21,24,28H,11-12,14-16,19-20H2,1H3;1H/q+1;/p-1/t24?,28-,32?;/m0./s1. The molecule has 37 heavy (non-hydrogen) atoms. The average Bonchev–Trinajstić information content (AvgIpc) is 3.43. The zero-order chi connectivity index (χ0) is 25.0. The SMILES string of the molecule is COc1ccc(CN(C(=O)O[C@H]2C[N+]3(CC=Cc4ccccc4)CCC2CC3)c2ccsc2)cc1F.[Br-]. The minimum atomic E-state index is -0.443. The number of benzene rings is 2. The molecule has 2 bridgehead atoms. The third-order valence-electron chi connectivity index (χ3n) is 7.49. The number of hydrogen-bond donors (Lipinski definition) is 0. The highest BCUT2D eigenvalue weighted by molar-refractivity contribution is 7.08. The molecule has 1 amide bonds. The molecule has 2 aromatic carbocycles. The van der Waals surface area contributed by atoms with Crippen LogP contribution in [0.1, 0.15) is 24.0 Å². The minimum absolute atomic E-state index is 0. The lowest BCUT2D eigenvalue weighted by Gasteiger charge is -2.51. The van der Waals surface area contributed by atoms with E-state index in [1.54, 1.807) is 17.0 Å². The summed E-state index contributed by atoms with van der Waals surface area (Å²) in [6, 6.07) is 17.0. The van der Waals surface area contributed by atoms with Gasteiger partial charge in [0, 0.05) is 24.1 Å². The maximum absolute atomic E-state index is 14.3. The van der Waals surface area contributed by atoms with E-state index in [2.05, 4.69) is 24.3 Å². The topological polar surface area (TPSA) is 38.8 Å². The van der Waals surface area contributed by atoms with Gasteiger partial charge in [-0.15, -0.1) is 0 Å². The lowest BCUT2D eigenvalue weighted by molar-refractivity contribution is -0.941. The summed E-state index contributed by atoms with van der Waals surface area (Å²) in [7, 11) is 1.44. The number of fused-ring (bicyclic) bond motifs is 3. The van der Waals surface area contributed by atoms with Crippen LogP contribution in [-0.4, -0.2) is 50.0 Å². The van der Waals surface area contributed by atoms with E-state index in [-0.39, 0.29) is 41.5 Å². The molecule has 0 spiro atoms. The number of anilines is 1. The highest BCUT2D eigenvalue weighted by Gasteiger charge is 2.47. The van der Waals surface area contributed by atoms with Crippen LogP contribution in [0, 0.1) is 11.7 Å². The molecule has 1 atom stereocenters. The second-order valence-corrected chi connectivity index (χ2v) is 10.5. The molecule has 0 unspecified atom stereocenters. The van der Waals surface area contributed by atoms with Crippen molar-refractivity contribution in [1.29, 1.82) is 0 Å². The Morgan fingerprint density at radius 1 is 1.16 bits per heavy atom. The van der Waals surface area contributed by atoms with Gasteiger partial charge in [-0.25, -0.2) is 9.18 Å².